The van der Waals surface area contributed by atoms with Crippen molar-refractivity contribution in [2.75, 3.05) is 30.4 Å². The number of aromatic nitrogens is 3. The Morgan fingerprint density at radius 2 is 1.90 bits per heavy atom. The average Bonchev–Trinajstić information content (AvgIpc) is 2.73. The zero-order chi connectivity index (χ0) is 22.3. The summed E-state index contributed by atoms with van der Waals surface area (Å²) in [5.74, 6) is 0.946. The molecule has 1 aliphatic heterocycles. The van der Waals surface area contributed by atoms with E-state index in [0.717, 1.165) is 11.1 Å². The Morgan fingerprint density at radius 3 is 2.55 bits per heavy atom. The molecule has 9 heteroatoms. The second kappa shape index (κ2) is 7.88. The van der Waals surface area contributed by atoms with Crippen molar-refractivity contribution in [2.45, 2.75) is 38.8 Å². The van der Waals surface area contributed by atoms with Crippen LogP contribution >= 0.6 is 0 Å². The molecule has 0 bridgehead atoms. The molecule has 1 atom stereocenters. The van der Waals surface area contributed by atoms with Gasteiger partial charge in [-0.15, -0.1) is 5.10 Å². The van der Waals surface area contributed by atoms with E-state index in [2.05, 4.69) is 20.5 Å². The SMILES string of the molecule is COc1nc2c(C)nnc(N[C@H](C)c3cccc(C(F)F)c3)c2cc1N1CC(C)(O)C1. The predicted octanol–water partition coefficient (Wildman–Crippen LogP) is 4.02. The number of nitrogens with zero attached hydrogens (tertiary/aromatic N) is 4. The Balaban J connectivity index is 1.72. The van der Waals surface area contributed by atoms with Crippen LogP contribution in [-0.2, 0) is 0 Å². The van der Waals surface area contributed by atoms with E-state index in [1.807, 2.05) is 24.8 Å². The van der Waals surface area contributed by atoms with E-state index in [1.165, 1.54) is 12.1 Å². The van der Waals surface area contributed by atoms with Crippen molar-refractivity contribution >= 4 is 22.4 Å². The van der Waals surface area contributed by atoms with Gasteiger partial charge in [-0.3, -0.25) is 0 Å². The molecule has 164 valence electrons. The summed E-state index contributed by atoms with van der Waals surface area (Å²) in [6, 6.07) is 7.95. The smallest absolute Gasteiger partial charge is 0.263 e. The number of ether oxygens (including phenoxy) is 1. The maximum atomic E-state index is 13.1. The summed E-state index contributed by atoms with van der Waals surface area (Å²) in [5.41, 5.74) is 1.98. The van der Waals surface area contributed by atoms with Crippen LogP contribution in [0.2, 0.25) is 0 Å². The molecule has 0 spiro atoms. The second-order valence-electron chi connectivity index (χ2n) is 8.24. The van der Waals surface area contributed by atoms with Gasteiger partial charge in [-0.25, -0.2) is 13.8 Å². The van der Waals surface area contributed by atoms with Crippen LogP contribution in [0, 0.1) is 6.92 Å². The number of anilines is 2. The predicted molar refractivity (Wildman–Crippen MR) is 115 cm³/mol. The number of pyridine rings is 1. The molecule has 1 saturated heterocycles. The molecule has 1 fully saturated rings. The highest BCUT2D eigenvalue weighted by atomic mass is 19.3. The van der Waals surface area contributed by atoms with Crippen LogP contribution in [0.1, 0.15) is 43.1 Å². The van der Waals surface area contributed by atoms with E-state index in [-0.39, 0.29) is 11.6 Å². The molecule has 1 aromatic carbocycles. The average molecular weight is 429 g/mol. The van der Waals surface area contributed by atoms with Crippen molar-refractivity contribution in [1.29, 1.82) is 0 Å². The van der Waals surface area contributed by atoms with E-state index in [1.54, 1.807) is 26.2 Å². The van der Waals surface area contributed by atoms with Crippen LogP contribution in [0.3, 0.4) is 0 Å². The highest BCUT2D eigenvalue weighted by Gasteiger charge is 2.38. The fourth-order valence-corrected chi connectivity index (χ4v) is 3.85. The summed E-state index contributed by atoms with van der Waals surface area (Å²) >= 11 is 0. The van der Waals surface area contributed by atoms with Gasteiger partial charge in [-0.05, 0) is 38.5 Å². The van der Waals surface area contributed by atoms with Crippen LogP contribution in [-0.4, -0.2) is 46.1 Å². The summed E-state index contributed by atoms with van der Waals surface area (Å²) in [4.78, 5) is 6.62. The third-order valence-corrected chi connectivity index (χ3v) is 5.48. The number of hydrogen-bond donors (Lipinski definition) is 2. The third-order valence-electron chi connectivity index (χ3n) is 5.48. The number of aryl methyl sites for hydroxylation is 1. The van der Waals surface area contributed by atoms with Gasteiger partial charge in [0.15, 0.2) is 5.82 Å². The maximum Gasteiger partial charge on any atom is 0.263 e. The molecule has 2 N–H and O–H groups in total. The highest BCUT2D eigenvalue weighted by Crippen LogP contribution is 2.38. The lowest BCUT2D eigenvalue weighted by molar-refractivity contribution is 0.0307. The number of halogens is 2. The topological polar surface area (TPSA) is 83.4 Å². The van der Waals surface area contributed by atoms with Crippen molar-refractivity contribution in [1.82, 2.24) is 15.2 Å². The number of nitrogens with one attached hydrogen (secondary N) is 1. The van der Waals surface area contributed by atoms with Crippen molar-refractivity contribution in [3.63, 3.8) is 0 Å². The number of β-amino-alcohol motifs (C(OH)–C–C–N with tert-alkyl or cyclic N) is 1. The first-order valence-corrected chi connectivity index (χ1v) is 10.0. The molecular formula is C22H25F2N5O2. The number of aliphatic hydroxyl groups is 1. The molecule has 0 saturated carbocycles. The Bertz CT molecular complexity index is 1110. The Hall–Kier alpha value is -3.07. The summed E-state index contributed by atoms with van der Waals surface area (Å²) in [6.07, 6.45) is -2.53. The molecule has 31 heavy (non-hydrogen) atoms. The van der Waals surface area contributed by atoms with E-state index < -0.39 is 12.0 Å². The van der Waals surface area contributed by atoms with E-state index >= 15 is 0 Å². The first kappa shape index (κ1) is 21.2. The van der Waals surface area contributed by atoms with E-state index in [0.29, 0.717) is 41.6 Å². The number of benzene rings is 1. The summed E-state index contributed by atoms with van der Waals surface area (Å²) < 4.78 is 31.7. The first-order chi connectivity index (χ1) is 14.7. The normalized spacial score (nSPS) is 16.3. The standard InChI is InChI=1S/C22H25F2N5O2/c1-12(14-6-5-7-15(8-14)19(23)24)25-20-16-9-17(29-10-22(3,30)11-29)21(31-4)26-18(16)13(2)27-28-20/h5-9,12,19,30H,10-11H2,1-4H3,(H,25,28)/t12-/m1/s1. The van der Waals surface area contributed by atoms with Crippen molar-refractivity contribution in [3.05, 3.63) is 47.2 Å². The number of alkyl halides is 2. The minimum Gasteiger partial charge on any atom is -0.480 e. The zero-order valence-electron chi connectivity index (χ0n) is 17.9. The fourth-order valence-electron chi connectivity index (χ4n) is 3.85. The second-order valence-corrected chi connectivity index (χ2v) is 8.24. The van der Waals surface area contributed by atoms with Gasteiger partial charge in [0.25, 0.3) is 6.43 Å². The van der Waals surface area contributed by atoms with Crippen molar-refractivity contribution in [3.8, 4) is 5.88 Å². The van der Waals surface area contributed by atoms with Gasteiger partial charge in [-0.1, -0.05) is 18.2 Å². The Morgan fingerprint density at radius 1 is 1.19 bits per heavy atom. The van der Waals surface area contributed by atoms with Crippen LogP contribution < -0.4 is 15.0 Å². The fraction of sp³-hybridized carbons (Fsp3) is 0.409. The lowest BCUT2D eigenvalue weighted by Crippen LogP contribution is -2.60. The molecule has 2 aromatic heterocycles. The lowest BCUT2D eigenvalue weighted by atomic mass is 9.96. The highest BCUT2D eigenvalue weighted by molar-refractivity contribution is 5.94. The van der Waals surface area contributed by atoms with Crippen LogP contribution in [0.25, 0.3) is 10.9 Å². The van der Waals surface area contributed by atoms with Crippen LogP contribution in [0.5, 0.6) is 5.88 Å². The van der Waals surface area contributed by atoms with Crippen molar-refractivity contribution in [2.24, 2.45) is 0 Å². The Kier molecular flexibility index (Phi) is 5.38. The number of rotatable bonds is 6. The largest absolute Gasteiger partial charge is 0.480 e. The molecule has 3 aromatic rings. The van der Waals surface area contributed by atoms with Gasteiger partial charge < -0.3 is 20.1 Å². The van der Waals surface area contributed by atoms with Gasteiger partial charge in [-0.2, -0.15) is 5.10 Å². The molecule has 0 unspecified atom stereocenters. The number of hydrogen-bond acceptors (Lipinski definition) is 7. The first-order valence-electron chi connectivity index (χ1n) is 10.0. The minimum absolute atomic E-state index is 0.0236. The molecule has 1 aliphatic rings. The minimum atomic E-state index is -2.53. The molecule has 0 amide bonds. The van der Waals surface area contributed by atoms with Gasteiger partial charge in [0.1, 0.15) is 11.2 Å². The van der Waals surface area contributed by atoms with Gasteiger partial charge in [0.05, 0.1) is 24.4 Å². The maximum absolute atomic E-state index is 13.1. The Labute approximate surface area is 179 Å². The molecule has 7 nitrogen and oxygen atoms in total. The zero-order valence-corrected chi connectivity index (χ0v) is 17.9. The molecule has 0 aliphatic carbocycles. The van der Waals surface area contributed by atoms with E-state index in [9.17, 15) is 13.9 Å². The monoisotopic (exact) mass is 429 g/mol. The number of fused-ring (bicyclic) bond motifs is 1. The van der Waals surface area contributed by atoms with Crippen molar-refractivity contribution < 1.29 is 18.6 Å². The molecule has 0 radical (unpaired) electrons. The van der Waals surface area contributed by atoms with Crippen LogP contribution in [0.15, 0.2) is 30.3 Å². The van der Waals surface area contributed by atoms with Crippen LogP contribution in [0.4, 0.5) is 20.3 Å². The number of methoxy groups -OCH3 is 1. The van der Waals surface area contributed by atoms with E-state index in [4.69, 9.17) is 4.74 Å². The molecule has 4 rings (SSSR count). The summed E-state index contributed by atoms with van der Waals surface area (Å²) in [5, 5.41) is 22.7. The third kappa shape index (κ3) is 4.10. The van der Waals surface area contributed by atoms with Gasteiger partial charge >= 0.3 is 0 Å². The quantitative estimate of drug-likeness (QED) is 0.612. The molecular weight excluding hydrogens is 404 g/mol. The van der Waals surface area contributed by atoms with Gasteiger partial charge in [0.2, 0.25) is 5.88 Å². The summed E-state index contributed by atoms with van der Waals surface area (Å²) in [7, 11) is 1.55. The lowest BCUT2D eigenvalue weighted by Gasteiger charge is -2.45. The van der Waals surface area contributed by atoms with Gasteiger partial charge in [0, 0.05) is 24.0 Å². The molecule has 3 heterocycles. The summed E-state index contributed by atoms with van der Waals surface area (Å²) in [6.45, 7) is 6.40.